The fraction of sp³-hybridized carbons (Fsp3) is 0.818. The minimum atomic E-state index is -1.01. The minimum absolute atomic E-state index is 0.279. The lowest BCUT2D eigenvalue weighted by atomic mass is 9.95. The number of rotatable bonds is 4. The summed E-state index contributed by atoms with van der Waals surface area (Å²) >= 11 is 0. The highest BCUT2D eigenvalue weighted by Crippen LogP contribution is 2.18. The van der Waals surface area contributed by atoms with Crippen LogP contribution in [0.5, 0.6) is 0 Å². The Morgan fingerprint density at radius 3 is 2.71 bits per heavy atom. The van der Waals surface area contributed by atoms with E-state index in [0.717, 1.165) is 19.4 Å². The molecule has 0 aliphatic carbocycles. The van der Waals surface area contributed by atoms with Crippen LogP contribution in [0.4, 0.5) is 4.79 Å². The third kappa shape index (κ3) is 4.22. The van der Waals surface area contributed by atoms with Crippen LogP contribution in [0, 0.1) is 0 Å². The third-order valence-corrected chi connectivity index (χ3v) is 2.84. The number of ether oxygens (including phenoxy) is 1. The molecule has 0 aromatic carbocycles. The van der Waals surface area contributed by atoms with Crippen molar-refractivity contribution < 1.29 is 19.4 Å². The number of likely N-dealkylation sites (N-methyl/N-ethyl adjacent to an activating group) is 1. The van der Waals surface area contributed by atoms with Crippen molar-refractivity contribution in [1.82, 2.24) is 10.2 Å². The van der Waals surface area contributed by atoms with Gasteiger partial charge in [-0.3, -0.25) is 4.79 Å². The van der Waals surface area contributed by atoms with Gasteiger partial charge >= 0.3 is 12.0 Å². The van der Waals surface area contributed by atoms with Crippen LogP contribution in [0.2, 0.25) is 0 Å². The second kappa shape index (κ2) is 5.86. The van der Waals surface area contributed by atoms with Gasteiger partial charge in [0, 0.05) is 13.2 Å². The van der Waals surface area contributed by atoms with Gasteiger partial charge in [0.15, 0.2) is 0 Å². The number of nitrogens with zero attached hydrogens (tertiary/aromatic N) is 1. The van der Waals surface area contributed by atoms with Crippen LogP contribution in [0.15, 0.2) is 0 Å². The Labute approximate surface area is 101 Å². The van der Waals surface area contributed by atoms with Gasteiger partial charge in [-0.25, -0.2) is 4.79 Å². The largest absolute Gasteiger partial charge is 0.480 e. The molecule has 0 aromatic rings. The first-order chi connectivity index (χ1) is 7.97. The summed E-state index contributed by atoms with van der Waals surface area (Å²) in [6.07, 6.45) is 1.76. The summed E-state index contributed by atoms with van der Waals surface area (Å²) in [5.41, 5.74) is -0.388. The lowest BCUT2D eigenvalue weighted by molar-refractivity contribution is -0.137. The molecule has 1 aliphatic heterocycles. The van der Waals surface area contributed by atoms with E-state index in [1.807, 2.05) is 6.92 Å². The average Bonchev–Trinajstić information content (AvgIpc) is 2.25. The zero-order valence-corrected chi connectivity index (χ0v) is 10.4. The van der Waals surface area contributed by atoms with E-state index < -0.39 is 5.97 Å². The number of nitrogens with one attached hydrogen (secondary N) is 1. The van der Waals surface area contributed by atoms with E-state index >= 15 is 0 Å². The normalized spacial score (nSPS) is 24.1. The molecule has 0 radical (unpaired) electrons. The summed E-state index contributed by atoms with van der Waals surface area (Å²) in [6, 6.07) is -0.345. The molecule has 1 rings (SSSR count). The monoisotopic (exact) mass is 244 g/mol. The van der Waals surface area contributed by atoms with Crippen molar-refractivity contribution in [3.63, 3.8) is 0 Å². The number of urea groups is 1. The Balaban J connectivity index is 2.53. The summed E-state index contributed by atoms with van der Waals surface area (Å²) in [4.78, 5) is 23.7. The van der Waals surface area contributed by atoms with Crippen LogP contribution >= 0.6 is 0 Å². The topological polar surface area (TPSA) is 78.9 Å². The molecule has 6 nitrogen and oxygen atoms in total. The molecule has 6 heteroatoms. The van der Waals surface area contributed by atoms with Crippen molar-refractivity contribution in [3.8, 4) is 0 Å². The van der Waals surface area contributed by atoms with Crippen LogP contribution in [0.3, 0.4) is 0 Å². The maximum absolute atomic E-state index is 11.9. The van der Waals surface area contributed by atoms with Crippen molar-refractivity contribution in [1.29, 1.82) is 0 Å². The SMILES string of the molecule is CCN(CC(=O)O)C(=O)NC1(C)CCCOC1. The van der Waals surface area contributed by atoms with Gasteiger partial charge in [-0.2, -0.15) is 0 Å². The predicted octanol–water partition coefficient (Wildman–Crippen LogP) is 0.672. The van der Waals surface area contributed by atoms with Gasteiger partial charge in [-0.1, -0.05) is 0 Å². The molecule has 1 heterocycles. The molecule has 1 fully saturated rings. The van der Waals surface area contributed by atoms with E-state index in [9.17, 15) is 9.59 Å². The van der Waals surface area contributed by atoms with E-state index in [2.05, 4.69) is 5.32 Å². The summed E-state index contributed by atoms with van der Waals surface area (Å²) in [5, 5.41) is 11.5. The molecule has 1 unspecified atom stereocenters. The number of carboxylic acid groups (broad SMARTS) is 1. The summed E-state index contributed by atoms with van der Waals surface area (Å²) in [7, 11) is 0. The first-order valence-corrected chi connectivity index (χ1v) is 5.83. The van der Waals surface area contributed by atoms with Crippen LogP contribution in [-0.2, 0) is 9.53 Å². The fourth-order valence-corrected chi connectivity index (χ4v) is 1.86. The first kappa shape index (κ1) is 13.8. The highest BCUT2D eigenvalue weighted by molar-refractivity contribution is 5.80. The molecule has 17 heavy (non-hydrogen) atoms. The molecule has 1 saturated heterocycles. The van der Waals surface area contributed by atoms with Crippen molar-refractivity contribution in [3.05, 3.63) is 0 Å². The smallest absolute Gasteiger partial charge is 0.323 e. The minimum Gasteiger partial charge on any atom is -0.480 e. The van der Waals surface area contributed by atoms with Gasteiger partial charge in [0.25, 0.3) is 0 Å². The van der Waals surface area contributed by atoms with Crippen LogP contribution < -0.4 is 5.32 Å². The molecule has 1 aliphatic rings. The molecule has 0 bridgehead atoms. The van der Waals surface area contributed by atoms with Gasteiger partial charge in [0.05, 0.1) is 12.1 Å². The zero-order chi connectivity index (χ0) is 12.9. The van der Waals surface area contributed by atoms with Crippen molar-refractivity contribution in [2.45, 2.75) is 32.2 Å². The number of hydrogen-bond donors (Lipinski definition) is 2. The summed E-state index contributed by atoms with van der Waals surface area (Å²) in [6.45, 7) is 4.96. The second-order valence-corrected chi connectivity index (χ2v) is 4.55. The van der Waals surface area contributed by atoms with Crippen LogP contribution in [-0.4, -0.2) is 53.8 Å². The summed E-state index contributed by atoms with van der Waals surface area (Å²) < 4.78 is 5.33. The number of carboxylic acids is 1. The first-order valence-electron chi connectivity index (χ1n) is 5.83. The van der Waals surface area contributed by atoms with Crippen molar-refractivity contribution in [2.24, 2.45) is 0 Å². The molecule has 1 atom stereocenters. The average molecular weight is 244 g/mol. The van der Waals surface area contributed by atoms with E-state index in [4.69, 9.17) is 9.84 Å². The molecular weight excluding hydrogens is 224 g/mol. The molecular formula is C11H20N2O4. The molecule has 2 N–H and O–H groups in total. The van der Waals surface area contributed by atoms with E-state index in [1.54, 1.807) is 6.92 Å². The highest BCUT2D eigenvalue weighted by Gasteiger charge is 2.31. The molecule has 98 valence electrons. The lowest BCUT2D eigenvalue weighted by Crippen LogP contribution is -2.56. The van der Waals surface area contributed by atoms with Gasteiger partial charge in [0.1, 0.15) is 6.54 Å². The highest BCUT2D eigenvalue weighted by atomic mass is 16.5. The van der Waals surface area contributed by atoms with E-state index in [1.165, 1.54) is 4.90 Å². The number of amides is 2. The summed E-state index contributed by atoms with van der Waals surface area (Å²) in [5.74, 6) is -1.01. The Hall–Kier alpha value is -1.30. The standard InChI is InChI=1S/C11H20N2O4/c1-3-13(7-9(14)15)10(16)12-11(2)5-4-6-17-8-11/h3-8H2,1-2H3,(H,12,16)(H,14,15). The Morgan fingerprint density at radius 1 is 1.53 bits per heavy atom. The van der Waals surface area contributed by atoms with Gasteiger partial charge in [-0.05, 0) is 26.7 Å². The number of hydrogen-bond acceptors (Lipinski definition) is 3. The maximum Gasteiger partial charge on any atom is 0.323 e. The van der Waals surface area contributed by atoms with Crippen LogP contribution in [0.1, 0.15) is 26.7 Å². The van der Waals surface area contributed by atoms with Gasteiger partial charge in [-0.15, -0.1) is 0 Å². The maximum atomic E-state index is 11.9. The number of aliphatic carboxylic acids is 1. The quantitative estimate of drug-likeness (QED) is 0.762. The number of carbonyl (C=O) groups excluding carboxylic acids is 1. The van der Waals surface area contributed by atoms with Gasteiger partial charge in [0.2, 0.25) is 0 Å². The zero-order valence-electron chi connectivity index (χ0n) is 10.4. The Morgan fingerprint density at radius 2 is 2.24 bits per heavy atom. The van der Waals surface area contributed by atoms with Gasteiger partial charge < -0.3 is 20.1 Å². The molecule has 0 spiro atoms. The molecule has 0 saturated carbocycles. The third-order valence-electron chi connectivity index (χ3n) is 2.84. The fourth-order valence-electron chi connectivity index (χ4n) is 1.86. The molecule has 0 aromatic heterocycles. The Bertz CT molecular complexity index is 287. The second-order valence-electron chi connectivity index (χ2n) is 4.55. The van der Waals surface area contributed by atoms with E-state index in [-0.39, 0.29) is 18.1 Å². The Kier molecular flexibility index (Phi) is 4.74. The lowest BCUT2D eigenvalue weighted by Gasteiger charge is -2.36. The number of carbonyl (C=O) groups is 2. The van der Waals surface area contributed by atoms with Crippen molar-refractivity contribution in [2.75, 3.05) is 26.3 Å². The predicted molar refractivity (Wildman–Crippen MR) is 61.9 cm³/mol. The van der Waals surface area contributed by atoms with E-state index in [0.29, 0.717) is 13.2 Å². The van der Waals surface area contributed by atoms with Crippen molar-refractivity contribution >= 4 is 12.0 Å². The van der Waals surface area contributed by atoms with Crippen LogP contribution in [0.25, 0.3) is 0 Å². The molecule has 2 amide bonds.